The summed E-state index contributed by atoms with van der Waals surface area (Å²) < 4.78 is 26.9. The predicted octanol–water partition coefficient (Wildman–Crippen LogP) is 4.58. The van der Waals surface area contributed by atoms with Crippen LogP contribution in [0, 0.1) is 17.1 Å². The molecule has 1 amide bonds. The third kappa shape index (κ3) is 4.38. The van der Waals surface area contributed by atoms with E-state index >= 15 is 0 Å². The van der Waals surface area contributed by atoms with Gasteiger partial charge in [0.05, 0.1) is 37.2 Å². The van der Waals surface area contributed by atoms with Crippen LogP contribution >= 0.6 is 0 Å². The van der Waals surface area contributed by atoms with Crippen molar-refractivity contribution < 1.29 is 18.7 Å². The smallest absolute Gasteiger partial charge is 0.260 e. The van der Waals surface area contributed by atoms with Crippen LogP contribution in [0.4, 0.5) is 21.7 Å². The number of anilines is 3. The topological polar surface area (TPSA) is 105 Å². The first-order valence-corrected chi connectivity index (χ1v) is 11.1. The summed E-state index contributed by atoms with van der Waals surface area (Å²) in [5.74, 6) is 0.550. The fourth-order valence-electron chi connectivity index (χ4n) is 3.95. The van der Waals surface area contributed by atoms with Gasteiger partial charge < -0.3 is 24.3 Å². The number of aryl methyl sites for hydroxylation is 2. The normalized spacial score (nSPS) is 10.7. The zero-order valence-corrected chi connectivity index (χ0v) is 20.6. The molecule has 0 aliphatic heterocycles. The maximum absolute atomic E-state index is 14.5. The van der Waals surface area contributed by atoms with Gasteiger partial charge in [-0.3, -0.25) is 4.79 Å². The molecule has 4 aromatic rings. The van der Waals surface area contributed by atoms with Crippen LogP contribution in [0.15, 0.2) is 42.7 Å². The first kappa shape index (κ1) is 24.5. The van der Waals surface area contributed by atoms with E-state index in [1.54, 1.807) is 47.1 Å². The molecule has 2 aromatic carbocycles. The average Bonchev–Trinajstić information content (AvgIpc) is 3.28. The number of halogens is 1. The molecule has 0 unspecified atom stereocenters. The highest BCUT2D eigenvalue weighted by molar-refractivity contribution is 6.09. The number of imidazole rings is 1. The maximum Gasteiger partial charge on any atom is 0.260 e. The third-order valence-electron chi connectivity index (χ3n) is 5.96. The van der Waals surface area contributed by atoms with Crippen LogP contribution in [0.25, 0.3) is 11.0 Å². The van der Waals surface area contributed by atoms with E-state index in [4.69, 9.17) is 9.47 Å². The van der Waals surface area contributed by atoms with Crippen molar-refractivity contribution in [1.29, 1.82) is 5.26 Å². The van der Waals surface area contributed by atoms with Crippen molar-refractivity contribution >= 4 is 34.3 Å². The van der Waals surface area contributed by atoms with Gasteiger partial charge in [-0.2, -0.15) is 5.26 Å². The zero-order valence-electron chi connectivity index (χ0n) is 20.6. The summed E-state index contributed by atoms with van der Waals surface area (Å²) in [6.45, 7) is 1.93. The Kier molecular flexibility index (Phi) is 6.74. The predicted molar refractivity (Wildman–Crippen MR) is 135 cm³/mol. The van der Waals surface area contributed by atoms with Crippen molar-refractivity contribution in [2.24, 2.45) is 7.05 Å². The van der Waals surface area contributed by atoms with Crippen molar-refractivity contribution in [3.63, 3.8) is 0 Å². The number of benzene rings is 2. The van der Waals surface area contributed by atoms with E-state index in [0.717, 1.165) is 11.1 Å². The van der Waals surface area contributed by atoms with Gasteiger partial charge in [0, 0.05) is 31.9 Å². The van der Waals surface area contributed by atoms with Gasteiger partial charge in [0.15, 0.2) is 5.82 Å². The van der Waals surface area contributed by atoms with E-state index in [1.165, 1.54) is 20.3 Å². The number of nitriles is 1. The summed E-state index contributed by atoms with van der Waals surface area (Å²) in [7, 11) is 6.58. The number of ether oxygens (including phenoxy) is 2. The molecule has 0 aliphatic rings. The third-order valence-corrected chi connectivity index (χ3v) is 5.96. The lowest BCUT2D eigenvalue weighted by Gasteiger charge is -2.23. The minimum Gasteiger partial charge on any atom is -0.497 e. The minimum atomic E-state index is -0.613. The fourth-order valence-corrected chi connectivity index (χ4v) is 3.95. The van der Waals surface area contributed by atoms with Crippen LogP contribution in [0.5, 0.6) is 11.5 Å². The molecule has 2 aromatic heterocycles. The second-order valence-corrected chi connectivity index (χ2v) is 8.06. The van der Waals surface area contributed by atoms with Crippen LogP contribution < -0.4 is 19.7 Å². The van der Waals surface area contributed by atoms with Crippen molar-refractivity contribution in [2.45, 2.75) is 13.3 Å². The second-order valence-electron chi connectivity index (χ2n) is 8.06. The number of methoxy groups -OCH3 is 2. The number of carbonyl (C=O) groups excluding carboxylic acids is 1. The molecule has 1 N–H and O–H groups in total. The highest BCUT2D eigenvalue weighted by Crippen LogP contribution is 2.33. The van der Waals surface area contributed by atoms with Crippen LogP contribution in [0.1, 0.15) is 28.4 Å². The van der Waals surface area contributed by atoms with Gasteiger partial charge in [-0.25, -0.2) is 14.4 Å². The summed E-state index contributed by atoms with van der Waals surface area (Å²) in [4.78, 5) is 24.0. The molecule has 2 heterocycles. The maximum atomic E-state index is 14.5. The van der Waals surface area contributed by atoms with Crippen molar-refractivity contribution in [1.82, 2.24) is 14.5 Å². The lowest BCUT2D eigenvalue weighted by atomic mass is 10.1. The molecule has 4 rings (SSSR count). The molecule has 0 saturated heterocycles. The molecule has 0 atom stereocenters. The minimum absolute atomic E-state index is 0.0135. The van der Waals surface area contributed by atoms with Gasteiger partial charge in [-0.05, 0) is 36.2 Å². The lowest BCUT2D eigenvalue weighted by Crippen LogP contribution is -2.18. The Morgan fingerprint density at radius 2 is 2.00 bits per heavy atom. The molecular weight excluding hydrogens is 463 g/mol. The largest absolute Gasteiger partial charge is 0.497 e. The van der Waals surface area contributed by atoms with Gasteiger partial charge >= 0.3 is 0 Å². The summed E-state index contributed by atoms with van der Waals surface area (Å²) in [5.41, 5.74) is 2.85. The quantitative estimate of drug-likeness (QED) is 0.406. The number of amides is 1. The molecule has 36 heavy (non-hydrogen) atoms. The standard InChI is InChI=1S/C26H25FN6O3/c1-6-15-9-16(13-28)19(27)11-20(15)33(3)23-12-21-24(29-14-32(21)2)25(30-23)31-26(34)18-8-7-17(35-4)10-22(18)36-5/h7-12,14H,6H2,1-5H3,(H,30,31,34). The number of fused-ring (bicyclic) bond motifs is 1. The Bertz CT molecular complexity index is 1510. The SMILES string of the molecule is CCc1cc(C#N)c(F)cc1N(C)c1cc2c(ncn2C)c(NC(=O)c2ccc(OC)cc2OC)n1. The summed E-state index contributed by atoms with van der Waals surface area (Å²) in [5, 5.41) is 12.1. The molecule has 184 valence electrons. The molecule has 0 fully saturated rings. The Labute approximate surface area is 207 Å². The van der Waals surface area contributed by atoms with Gasteiger partial charge in [-0.1, -0.05) is 6.92 Å². The highest BCUT2D eigenvalue weighted by atomic mass is 19.1. The van der Waals surface area contributed by atoms with E-state index < -0.39 is 11.7 Å². The second kappa shape index (κ2) is 9.92. The fraction of sp³-hybridized carbons (Fsp3) is 0.231. The van der Waals surface area contributed by atoms with Crippen LogP contribution in [-0.4, -0.2) is 41.7 Å². The number of hydrogen-bond acceptors (Lipinski definition) is 7. The molecule has 0 spiro atoms. The number of aromatic nitrogens is 3. The Morgan fingerprint density at radius 3 is 2.67 bits per heavy atom. The van der Waals surface area contributed by atoms with E-state index in [-0.39, 0.29) is 11.4 Å². The molecule has 0 bridgehead atoms. The first-order chi connectivity index (χ1) is 17.3. The van der Waals surface area contributed by atoms with E-state index in [0.29, 0.717) is 40.5 Å². The number of nitrogens with one attached hydrogen (secondary N) is 1. The monoisotopic (exact) mass is 488 g/mol. The molecule has 10 heteroatoms. The Balaban J connectivity index is 1.79. The number of rotatable bonds is 7. The summed E-state index contributed by atoms with van der Waals surface area (Å²) in [6, 6.07) is 11.4. The summed E-state index contributed by atoms with van der Waals surface area (Å²) in [6.07, 6.45) is 2.21. The Hall–Kier alpha value is -4.65. The van der Waals surface area contributed by atoms with Gasteiger partial charge in [-0.15, -0.1) is 0 Å². The lowest BCUT2D eigenvalue weighted by molar-refractivity contribution is 0.102. The Morgan fingerprint density at radius 1 is 1.22 bits per heavy atom. The van der Waals surface area contributed by atoms with Crippen molar-refractivity contribution in [2.75, 3.05) is 31.5 Å². The summed E-state index contributed by atoms with van der Waals surface area (Å²) >= 11 is 0. The average molecular weight is 489 g/mol. The zero-order chi connectivity index (χ0) is 26.0. The van der Waals surface area contributed by atoms with Gasteiger partial charge in [0.1, 0.15) is 34.7 Å². The first-order valence-electron chi connectivity index (χ1n) is 11.1. The number of pyridine rings is 1. The molecule has 0 radical (unpaired) electrons. The van der Waals surface area contributed by atoms with Crippen molar-refractivity contribution in [3.05, 3.63) is 65.2 Å². The number of hydrogen-bond donors (Lipinski definition) is 1. The number of carbonyl (C=O) groups is 1. The number of nitrogens with zero attached hydrogens (tertiary/aromatic N) is 5. The van der Waals surface area contributed by atoms with Crippen molar-refractivity contribution in [3.8, 4) is 17.6 Å². The van der Waals surface area contributed by atoms with Crippen LogP contribution in [-0.2, 0) is 13.5 Å². The molecule has 9 nitrogen and oxygen atoms in total. The van der Waals surface area contributed by atoms with E-state index in [1.807, 2.05) is 26.1 Å². The molecule has 0 aliphatic carbocycles. The van der Waals surface area contributed by atoms with Gasteiger partial charge in [0.25, 0.3) is 5.91 Å². The molecule has 0 saturated carbocycles. The molecular formula is C26H25FN6O3. The van der Waals surface area contributed by atoms with E-state index in [9.17, 15) is 14.4 Å². The van der Waals surface area contributed by atoms with Crippen LogP contribution in [0.2, 0.25) is 0 Å². The van der Waals surface area contributed by atoms with Gasteiger partial charge in [0.2, 0.25) is 0 Å². The van der Waals surface area contributed by atoms with Crippen LogP contribution in [0.3, 0.4) is 0 Å². The highest BCUT2D eigenvalue weighted by Gasteiger charge is 2.20. The van der Waals surface area contributed by atoms with E-state index in [2.05, 4.69) is 15.3 Å².